The molecule has 3 nitrogen and oxygen atoms in total. The molecule has 1 heterocycles. The van der Waals surface area contributed by atoms with Crippen molar-refractivity contribution in [1.29, 1.82) is 0 Å². The zero-order valence-electron chi connectivity index (χ0n) is 20.6. The Balaban J connectivity index is 4.01. The summed E-state index contributed by atoms with van der Waals surface area (Å²) in [6.45, 7) is 32.1. The van der Waals surface area contributed by atoms with E-state index in [1.165, 1.54) is 0 Å². The first-order valence-electron chi connectivity index (χ1n) is 10.2. The summed E-state index contributed by atoms with van der Waals surface area (Å²) in [5.74, 6) is 0. The molecule has 1 aliphatic rings. The molecule has 0 spiro atoms. The Morgan fingerprint density at radius 3 is 0.889 bits per heavy atom. The minimum absolute atomic E-state index is 0.203. The summed E-state index contributed by atoms with van der Waals surface area (Å²) in [6, 6.07) is 0. The van der Waals surface area contributed by atoms with Crippen LogP contribution >= 0.6 is 0 Å². The molecule has 1 fully saturated rings. The van der Waals surface area contributed by atoms with Crippen molar-refractivity contribution in [3.63, 3.8) is 0 Å². The van der Waals surface area contributed by atoms with Gasteiger partial charge in [0.15, 0.2) is 0 Å². The number of rotatable bonds is 0. The second kappa shape index (κ2) is 7.07. The van der Waals surface area contributed by atoms with E-state index in [9.17, 15) is 0 Å². The van der Waals surface area contributed by atoms with E-state index in [2.05, 4.69) is 83.1 Å². The summed E-state index contributed by atoms with van der Waals surface area (Å²) in [4.78, 5) is 0. The number of hydrogen-bond donors (Lipinski definition) is 0. The van der Waals surface area contributed by atoms with Gasteiger partial charge in [-0.2, -0.15) is 0 Å². The number of hydrogen-bond acceptors (Lipinski definition) is 3. The predicted molar refractivity (Wildman–Crippen MR) is 120 cm³/mol. The summed E-state index contributed by atoms with van der Waals surface area (Å²) >= 11 is -8.09. The van der Waals surface area contributed by atoms with Crippen molar-refractivity contribution in [3.8, 4) is 0 Å². The van der Waals surface area contributed by atoms with Crippen LogP contribution in [0.15, 0.2) is 0 Å². The van der Waals surface area contributed by atoms with Gasteiger partial charge in [0.25, 0.3) is 0 Å². The fourth-order valence-corrected chi connectivity index (χ4v) is 86.1. The molecule has 0 aromatic carbocycles. The molecule has 0 radical (unpaired) electrons. The van der Waals surface area contributed by atoms with Crippen molar-refractivity contribution < 1.29 is 11.0 Å². The van der Waals surface area contributed by atoms with Crippen molar-refractivity contribution in [3.05, 3.63) is 0 Å². The summed E-state index contributed by atoms with van der Waals surface area (Å²) in [5, 5.41) is -0.659. The Labute approximate surface area is 179 Å². The predicted octanol–water partition coefficient (Wildman–Crippen LogP) is 7.84. The molecule has 0 aromatic rings. The van der Waals surface area contributed by atoms with E-state index in [0.29, 0.717) is 0 Å². The average Bonchev–Trinajstić information content (AvgIpc) is 2.31. The van der Waals surface area contributed by atoms with Gasteiger partial charge in [-0.3, -0.25) is 0 Å². The molecule has 162 valence electrons. The van der Waals surface area contributed by atoms with Crippen molar-refractivity contribution >= 4 is 47.3 Å². The molecule has 1 saturated heterocycles. The Hall–Kier alpha value is 1.62. The topological polar surface area (TPSA) is 27.7 Å². The molecule has 0 atom stereocenters. The molecule has 7 heteroatoms. The quantitative estimate of drug-likeness (QED) is 0.205. The summed E-state index contributed by atoms with van der Waals surface area (Å²) in [6.07, 6.45) is 0. The van der Waals surface area contributed by atoms with Crippen LogP contribution < -0.4 is 0 Å². The molecule has 0 aromatic heterocycles. The first kappa shape index (κ1) is 26.7. The maximum absolute atomic E-state index is 16.9. The van der Waals surface area contributed by atoms with Gasteiger partial charge in [-0.1, -0.05) is 0 Å². The summed E-state index contributed by atoms with van der Waals surface area (Å²) in [5.41, 5.74) is 0. The third kappa shape index (κ3) is 4.34. The SMILES string of the molecule is CC(C)(C)[Si]1(F)[O][Sn]([C](C)(C)C)([C](C)(C)C)[O][Sn]([C](C)(C)C)([C](C)(C)C)[O]1. The summed E-state index contributed by atoms with van der Waals surface area (Å²) < 4.78 is 36.9. The molecule has 0 amide bonds. The Morgan fingerprint density at radius 2 is 0.741 bits per heavy atom. The van der Waals surface area contributed by atoms with E-state index in [1.54, 1.807) is 0 Å². The monoisotopic (exact) mass is 620 g/mol. The van der Waals surface area contributed by atoms with E-state index in [-0.39, 0.29) is 13.7 Å². The molecule has 0 aliphatic carbocycles. The van der Waals surface area contributed by atoms with E-state index < -0.39 is 52.3 Å². The van der Waals surface area contributed by atoms with Crippen LogP contribution in [-0.2, 0) is 6.94 Å². The second-order valence-electron chi connectivity index (χ2n) is 13.3. The number of halogens is 1. The van der Waals surface area contributed by atoms with Crippen LogP contribution in [-0.4, -0.2) is 47.3 Å². The molecule has 0 saturated carbocycles. The van der Waals surface area contributed by atoms with Gasteiger partial charge in [-0.15, -0.1) is 0 Å². The van der Waals surface area contributed by atoms with Crippen LogP contribution in [0.1, 0.15) is 104 Å². The zero-order chi connectivity index (χ0) is 22.1. The standard InChI is InChI=1S/C4H9FO2Si.4C4H9.O.2Sn/c1-4(2,3)8(5,6)7;4*1-4(2)3;;;/h1-3H3;4*1-3H3;;;/q-2;;;;;;2*+1. The van der Waals surface area contributed by atoms with Crippen LogP contribution in [0.3, 0.4) is 0 Å². The normalized spacial score (nSPS) is 24.0. The van der Waals surface area contributed by atoms with E-state index in [0.717, 1.165) is 0 Å². The Bertz CT molecular complexity index is 492. The third-order valence-corrected chi connectivity index (χ3v) is 53.2. The molecule has 1 aliphatic heterocycles. The van der Waals surface area contributed by atoms with Crippen LogP contribution in [0.5, 0.6) is 0 Å². The van der Waals surface area contributed by atoms with Gasteiger partial charge >= 0.3 is 181 Å². The van der Waals surface area contributed by atoms with Crippen molar-refractivity contribution in [2.45, 2.75) is 123 Å². The van der Waals surface area contributed by atoms with Crippen LogP contribution in [0.4, 0.5) is 4.11 Å². The van der Waals surface area contributed by atoms with Crippen LogP contribution in [0, 0.1) is 0 Å². The van der Waals surface area contributed by atoms with Gasteiger partial charge in [0.1, 0.15) is 0 Å². The Kier molecular flexibility index (Phi) is 6.98. The van der Waals surface area contributed by atoms with Gasteiger partial charge < -0.3 is 0 Å². The molecular formula is C20H45FO3SiSn2. The summed E-state index contributed by atoms with van der Waals surface area (Å²) in [7, 11) is -3.99. The third-order valence-electron chi connectivity index (χ3n) is 5.68. The van der Waals surface area contributed by atoms with Crippen molar-refractivity contribution in [2.75, 3.05) is 0 Å². The first-order chi connectivity index (χ1) is 11.4. The fourth-order valence-electron chi connectivity index (χ4n) is 4.42. The zero-order valence-corrected chi connectivity index (χ0v) is 27.3. The first-order valence-corrected chi connectivity index (χ1v) is 22.2. The minimum atomic E-state index is -4.04. The van der Waals surface area contributed by atoms with Crippen LogP contribution in [0.25, 0.3) is 0 Å². The van der Waals surface area contributed by atoms with Gasteiger partial charge in [-0.05, 0) is 0 Å². The van der Waals surface area contributed by atoms with Gasteiger partial charge in [-0.25, -0.2) is 0 Å². The molecule has 1 rings (SSSR count). The van der Waals surface area contributed by atoms with Gasteiger partial charge in [0, 0.05) is 0 Å². The van der Waals surface area contributed by atoms with E-state index >= 15 is 4.11 Å². The average molecular weight is 618 g/mol. The molecular weight excluding hydrogens is 573 g/mol. The van der Waals surface area contributed by atoms with Crippen molar-refractivity contribution in [2.24, 2.45) is 0 Å². The van der Waals surface area contributed by atoms with Gasteiger partial charge in [0.05, 0.1) is 0 Å². The molecule has 0 N–H and O–H groups in total. The van der Waals surface area contributed by atoms with E-state index in [4.69, 9.17) is 6.94 Å². The van der Waals surface area contributed by atoms with Crippen LogP contribution in [0.2, 0.25) is 18.8 Å². The van der Waals surface area contributed by atoms with Crippen molar-refractivity contribution in [1.82, 2.24) is 0 Å². The van der Waals surface area contributed by atoms with Gasteiger partial charge in [0.2, 0.25) is 0 Å². The molecule has 0 unspecified atom stereocenters. The van der Waals surface area contributed by atoms with E-state index in [1.807, 2.05) is 20.8 Å². The Morgan fingerprint density at radius 1 is 0.519 bits per heavy atom. The maximum atomic E-state index is 16.9. The molecule has 0 bridgehead atoms. The second-order valence-corrected chi connectivity index (χ2v) is 48.5. The fraction of sp³-hybridized carbons (Fsp3) is 1.00. The molecule has 27 heavy (non-hydrogen) atoms.